The fourth-order valence-corrected chi connectivity index (χ4v) is 1.11. The lowest BCUT2D eigenvalue weighted by molar-refractivity contribution is -0.124. The van der Waals surface area contributed by atoms with Crippen molar-refractivity contribution in [1.29, 1.82) is 0 Å². The fourth-order valence-electron chi connectivity index (χ4n) is 1.11. The summed E-state index contributed by atoms with van der Waals surface area (Å²) in [7, 11) is 3.25. The van der Waals surface area contributed by atoms with Gasteiger partial charge in [0.25, 0.3) is 5.91 Å². The van der Waals surface area contributed by atoms with Crippen LogP contribution in [0.2, 0.25) is 0 Å². The molecule has 0 saturated carbocycles. The SMILES string of the molecule is CC#CC(=O)N1CCCC1.COC.[HH]. The van der Waals surface area contributed by atoms with E-state index >= 15 is 0 Å². The summed E-state index contributed by atoms with van der Waals surface area (Å²) in [5.74, 6) is 5.11. The van der Waals surface area contributed by atoms with Crippen LogP contribution >= 0.6 is 0 Å². The Balaban J connectivity index is 0. The van der Waals surface area contributed by atoms with Gasteiger partial charge in [-0.3, -0.25) is 4.79 Å². The molecule has 3 heteroatoms. The number of nitrogens with zero attached hydrogens (tertiary/aromatic N) is 1. The minimum atomic E-state index is -0.0139. The quantitative estimate of drug-likeness (QED) is 0.530. The second-order valence-corrected chi connectivity index (χ2v) is 2.78. The highest BCUT2D eigenvalue weighted by Gasteiger charge is 2.14. The molecule has 0 radical (unpaired) electrons. The minimum absolute atomic E-state index is 0. The van der Waals surface area contributed by atoms with Crippen LogP contribution in [0.1, 0.15) is 21.2 Å². The van der Waals surface area contributed by atoms with Gasteiger partial charge < -0.3 is 9.64 Å². The van der Waals surface area contributed by atoms with Crippen molar-refractivity contribution in [3.63, 3.8) is 0 Å². The van der Waals surface area contributed by atoms with Crippen molar-refractivity contribution >= 4 is 5.91 Å². The molecule has 0 aromatic carbocycles. The average molecular weight is 185 g/mol. The van der Waals surface area contributed by atoms with Crippen LogP contribution in [0.15, 0.2) is 0 Å². The normalized spacial score (nSPS) is 13.9. The average Bonchev–Trinajstić information content (AvgIpc) is 2.58. The van der Waals surface area contributed by atoms with Gasteiger partial charge >= 0.3 is 0 Å². The largest absolute Gasteiger partial charge is 0.388 e. The first-order valence-electron chi connectivity index (χ1n) is 4.38. The Labute approximate surface area is 81.5 Å². The maximum absolute atomic E-state index is 11.0. The Hall–Kier alpha value is -1.01. The molecule has 76 valence electrons. The van der Waals surface area contributed by atoms with E-state index in [9.17, 15) is 4.79 Å². The second kappa shape index (κ2) is 7.63. The Morgan fingerprint density at radius 3 is 2.23 bits per heavy atom. The van der Waals surface area contributed by atoms with Gasteiger partial charge in [0.2, 0.25) is 0 Å². The lowest BCUT2D eigenvalue weighted by atomic mass is 10.4. The third kappa shape index (κ3) is 5.26. The van der Waals surface area contributed by atoms with E-state index in [1.807, 2.05) is 0 Å². The van der Waals surface area contributed by atoms with Gasteiger partial charge in [-0.25, -0.2) is 0 Å². The summed E-state index contributed by atoms with van der Waals surface area (Å²) in [4.78, 5) is 12.8. The summed E-state index contributed by atoms with van der Waals surface area (Å²) in [5, 5.41) is 0. The highest BCUT2D eigenvalue weighted by molar-refractivity contribution is 5.93. The van der Waals surface area contributed by atoms with Crippen LogP contribution in [-0.2, 0) is 9.53 Å². The van der Waals surface area contributed by atoms with Crippen LogP contribution in [0.25, 0.3) is 0 Å². The summed E-state index contributed by atoms with van der Waals surface area (Å²) < 4.78 is 4.25. The van der Waals surface area contributed by atoms with Gasteiger partial charge in [-0.2, -0.15) is 0 Å². The standard InChI is InChI=1S/C8H11NO.C2H6O.H2/c1-2-5-8(10)9-6-3-4-7-9;1-3-2;/h3-4,6-7H2,1H3;1-2H3;1H. The lowest BCUT2D eigenvalue weighted by Gasteiger charge is -2.09. The molecule has 1 rings (SSSR count). The Morgan fingerprint density at radius 2 is 1.85 bits per heavy atom. The van der Waals surface area contributed by atoms with Gasteiger partial charge in [-0.15, -0.1) is 0 Å². The first-order valence-corrected chi connectivity index (χ1v) is 4.38. The molecule has 1 fully saturated rings. The van der Waals surface area contributed by atoms with Crippen LogP contribution in [0.3, 0.4) is 0 Å². The number of likely N-dealkylation sites (tertiary alicyclic amines) is 1. The number of carbonyl (C=O) groups excluding carboxylic acids is 1. The summed E-state index contributed by atoms with van der Waals surface area (Å²) in [6, 6.07) is 0. The number of hydrogen-bond donors (Lipinski definition) is 0. The van der Waals surface area contributed by atoms with E-state index < -0.39 is 0 Å². The smallest absolute Gasteiger partial charge is 0.298 e. The summed E-state index contributed by atoms with van der Waals surface area (Å²) in [6.45, 7) is 3.48. The zero-order valence-corrected chi connectivity index (χ0v) is 8.59. The third-order valence-electron chi connectivity index (χ3n) is 1.63. The first kappa shape index (κ1) is 12.0. The Bertz CT molecular complexity index is 202. The minimum Gasteiger partial charge on any atom is -0.388 e. The molecule has 1 aliphatic rings. The predicted octanol–water partition coefficient (Wildman–Crippen LogP) is 1.14. The van der Waals surface area contributed by atoms with Gasteiger partial charge in [-0.1, -0.05) is 5.92 Å². The van der Waals surface area contributed by atoms with E-state index in [0.29, 0.717) is 0 Å². The maximum Gasteiger partial charge on any atom is 0.298 e. The number of amides is 1. The molecule has 1 heterocycles. The molecule has 0 spiro atoms. The van der Waals surface area contributed by atoms with Gasteiger partial charge in [0.15, 0.2) is 0 Å². The van der Waals surface area contributed by atoms with E-state index in [0.717, 1.165) is 25.9 Å². The number of rotatable bonds is 0. The number of carbonyl (C=O) groups is 1. The first-order chi connectivity index (χ1) is 6.26. The van der Waals surface area contributed by atoms with Crippen molar-refractivity contribution in [2.45, 2.75) is 19.8 Å². The zero-order valence-electron chi connectivity index (χ0n) is 8.59. The predicted molar refractivity (Wildman–Crippen MR) is 54.3 cm³/mol. The maximum atomic E-state index is 11.0. The summed E-state index contributed by atoms with van der Waals surface area (Å²) in [5.41, 5.74) is 0. The van der Waals surface area contributed by atoms with Crippen molar-refractivity contribution in [1.82, 2.24) is 4.90 Å². The van der Waals surface area contributed by atoms with Crippen LogP contribution < -0.4 is 0 Å². The van der Waals surface area contributed by atoms with E-state index in [-0.39, 0.29) is 7.33 Å². The molecule has 0 unspecified atom stereocenters. The Morgan fingerprint density at radius 1 is 1.38 bits per heavy atom. The van der Waals surface area contributed by atoms with Gasteiger partial charge in [0.1, 0.15) is 0 Å². The van der Waals surface area contributed by atoms with Crippen LogP contribution in [-0.4, -0.2) is 38.1 Å². The molecular formula is C10H19NO2. The van der Waals surface area contributed by atoms with Crippen molar-refractivity contribution in [3.05, 3.63) is 0 Å². The second-order valence-electron chi connectivity index (χ2n) is 2.78. The van der Waals surface area contributed by atoms with E-state index in [1.54, 1.807) is 26.0 Å². The van der Waals surface area contributed by atoms with E-state index in [2.05, 4.69) is 16.6 Å². The molecule has 0 aromatic rings. The van der Waals surface area contributed by atoms with Crippen LogP contribution in [0.5, 0.6) is 0 Å². The van der Waals surface area contributed by atoms with Gasteiger partial charge in [0, 0.05) is 28.7 Å². The molecule has 1 saturated heterocycles. The molecule has 0 atom stereocenters. The molecule has 0 aromatic heterocycles. The van der Waals surface area contributed by atoms with Crippen molar-refractivity contribution in [2.75, 3.05) is 27.3 Å². The highest BCUT2D eigenvalue weighted by Crippen LogP contribution is 2.06. The van der Waals surface area contributed by atoms with E-state index in [4.69, 9.17) is 0 Å². The molecule has 0 bridgehead atoms. The molecule has 1 amide bonds. The van der Waals surface area contributed by atoms with Crippen LogP contribution in [0.4, 0.5) is 0 Å². The van der Waals surface area contributed by atoms with Gasteiger partial charge in [-0.05, 0) is 25.7 Å². The molecule has 13 heavy (non-hydrogen) atoms. The number of ether oxygens (including phenoxy) is 1. The fraction of sp³-hybridized carbons (Fsp3) is 0.700. The summed E-state index contributed by atoms with van der Waals surface area (Å²) in [6.07, 6.45) is 2.27. The lowest BCUT2D eigenvalue weighted by Crippen LogP contribution is -2.25. The van der Waals surface area contributed by atoms with Crippen molar-refractivity contribution in [3.8, 4) is 11.8 Å². The summed E-state index contributed by atoms with van der Waals surface area (Å²) >= 11 is 0. The number of hydrogen-bond acceptors (Lipinski definition) is 2. The monoisotopic (exact) mass is 185 g/mol. The van der Waals surface area contributed by atoms with Crippen LogP contribution in [0, 0.1) is 11.8 Å². The zero-order chi connectivity index (χ0) is 10.1. The van der Waals surface area contributed by atoms with Crippen molar-refractivity contribution < 1.29 is 11.0 Å². The molecule has 1 aliphatic heterocycles. The molecule has 3 nitrogen and oxygen atoms in total. The molecule has 0 N–H and O–H groups in total. The molecular weight excluding hydrogens is 166 g/mol. The Kier molecular flexibility index (Phi) is 7.04. The highest BCUT2D eigenvalue weighted by atomic mass is 16.4. The molecule has 0 aliphatic carbocycles. The van der Waals surface area contributed by atoms with E-state index in [1.165, 1.54) is 0 Å². The third-order valence-corrected chi connectivity index (χ3v) is 1.63. The van der Waals surface area contributed by atoms with Gasteiger partial charge in [0.05, 0.1) is 0 Å². The van der Waals surface area contributed by atoms with Crippen molar-refractivity contribution in [2.24, 2.45) is 0 Å². The topological polar surface area (TPSA) is 29.5 Å². The number of methoxy groups -OCH3 is 1.